The molecule has 0 aromatic carbocycles. The molecular weight excluding hydrogens is 270 g/mol. The number of nitrogens with one attached hydrogen (secondary N) is 2. The van der Waals surface area contributed by atoms with Gasteiger partial charge in [0.05, 0.1) is 6.20 Å². The van der Waals surface area contributed by atoms with Gasteiger partial charge in [0, 0.05) is 25.0 Å². The van der Waals surface area contributed by atoms with E-state index in [0.29, 0.717) is 24.1 Å². The Morgan fingerprint density at radius 1 is 1.19 bits per heavy atom. The highest BCUT2D eigenvalue weighted by atomic mass is 16.5. The van der Waals surface area contributed by atoms with E-state index in [1.165, 1.54) is 6.20 Å². The van der Waals surface area contributed by atoms with Crippen molar-refractivity contribution < 1.29 is 4.52 Å². The minimum Gasteiger partial charge on any atom is -0.360 e. The van der Waals surface area contributed by atoms with Crippen LogP contribution in [0.1, 0.15) is 11.3 Å². The molecule has 0 radical (unpaired) electrons. The fourth-order valence-electron chi connectivity index (χ4n) is 1.68. The molecule has 0 bridgehead atoms. The Hall–Kier alpha value is -3.03. The van der Waals surface area contributed by atoms with Gasteiger partial charge in [0.1, 0.15) is 5.76 Å². The minimum atomic E-state index is 0.428. The fraction of sp³-hybridized carbons (Fsp3) is 0.154. The van der Waals surface area contributed by atoms with E-state index in [2.05, 4.69) is 36.0 Å². The van der Waals surface area contributed by atoms with Crippen molar-refractivity contribution in [2.75, 3.05) is 10.6 Å². The van der Waals surface area contributed by atoms with Crippen LogP contribution in [0.15, 0.2) is 41.3 Å². The Morgan fingerprint density at radius 2 is 2.05 bits per heavy atom. The quantitative estimate of drug-likeness (QED) is 0.732. The predicted octanol–water partition coefficient (Wildman–Crippen LogP) is 1.92. The van der Waals surface area contributed by atoms with Gasteiger partial charge in [-0.3, -0.25) is 4.98 Å². The highest BCUT2D eigenvalue weighted by Crippen LogP contribution is 2.14. The van der Waals surface area contributed by atoms with Crippen molar-refractivity contribution in [2.45, 2.75) is 13.5 Å². The second-order valence-electron chi connectivity index (χ2n) is 4.32. The lowest BCUT2D eigenvalue weighted by Crippen LogP contribution is -2.06. The van der Waals surface area contributed by atoms with Crippen molar-refractivity contribution in [1.29, 1.82) is 0 Å². The molecule has 106 valence electrons. The SMILES string of the molecule is Cc1cc(Nc2cnnc(NCc3ccncc3)n2)no1. The number of aryl methyl sites for hydroxylation is 1. The van der Waals surface area contributed by atoms with E-state index in [9.17, 15) is 0 Å². The first-order valence-electron chi connectivity index (χ1n) is 6.32. The number of anilines is 3. The number of hydrogen-bond acceptors (Lipinski definition) is 8. The third kappa shape index (κ3) is 3.50. The molecular formula is C13H13N7O. The predicted molar refractivity (Wildman–Crippen MR) is 75.9 cm³/mol. The summed E-state index contributed by atoms with van der Waals surface area (Å²) in [5, 5.41) is 17.7. The normalized spacial score (nSPS) is 10.3. The first-order chi connectivity index (χ1) is 10.3. The van der Waals surface area contributed by atoms with Crippen molar-refractivity contribution in [3.63, 3.8) is 0 Å². The lowest BCUT2D eigenvalue weighted by Gasteiger charge is -2.05. The Morgan fingerprint density at radius 3 is 2.81 bits per heavy atom. The third-order valence-corrected chi connectivity index (χ3v) is 2.64. The van der Waals surface area contributed by atoms with Crippen LogP contribution in [0.3, 0.4) is 0 Å². The molecule has 8 heteroatoms. The summed E-state index contributed by atoms with van der Waals surface area (Å²) in [5.41, 5.74) is 1.08. The fourth-order valence-corrected chi connectivity index (χ4v) is 1.68. The molecule has 0 saturated carbocycles. The number of hydrogen-bond donors (Lipinski definition) is 2. The molecule has 3 rings (SSSR count). The molecule has 0 aliphatic heterocycles. The van der Waals surface area contributed by atoms with Gasteiger partial charge >= 0.3 is 0 Å². The number of nitrogens with zero attached hydrogens (tertiary/aromatic N) is 5. The van der Waals surface area contributed by atoms with E-state index in [4.69, 9.17) is 4.52 Å². The lowest BCUT2D eigenvalue weighted by molar-refractivity contribution is 0.400. The van der Waals surface area contributed by atoms with Crippen LogP contribution in [0.4, 0.5) is 17.6 Å². The van der Waals surface area contributed by atoms with Gasteiger partial charge in [-0.15, -0.1) is 5.10 Å². The first-order valence-corrected chi connectivity index (χ1v) is 6.32. The van der Waals surface area contributed by atoms with E-state index in [-0.39, 0.29) is 0 Å². The summed E-state index contributed by atoms with van der Waals surface area (Å²) < 4.78 is 4.97. The zero-order valence-electron chi connectivity index (χ0n) is 11.3. The zero-order chi connectivity index (χ0) is 14.5. The molecule has 21 heavy (non-hydrogen) atoms. The highest BCUT2D eigenvalue weighted by molar-refractivity contribution is 5.51. The monoisotopic (exact) mass is 283 g/mol. The molecule has 3 aromatic heterocycles. The largest absolute Gasteiger partial charge is 0.360 e. The van der Waals surface area contributed by atoms with Crippen molar-refractivity contribution >= 4 is 17.6 Å². The van der Waals surface area contributed by atoms with Gasteiger partial charge in [-0.2, -0.15) is 10.1 Å². The van der Waals surface area contributed by atoms with Gasteiger partial charge in [-0.05, 0) is 24.6 Å². The number of pyridine rings is 1. The summed E-state index contributed by atoms with van der Waals surface area (Å²) in [6.45, 7) is 2.41. The van der Waals surface area contributed by atoms with Crippen LogP contribution in [0.5, 0.6) is 0 Å². The average Bonchev–Trinajstić information content (AvgIpc) is 2.92. The Labute approximate surface area is 120 Å². The Kier molecular flexibility index (Phi) is 3.68. The average molecular weight is 283 g/mol. The maximum atomic E-state index is 4.97. The maximum absolute atomic E-state index is 4.97. The zero-order valence-corrected chi connectivity index (χ0v) is 11.3. The summed E-state index contributed by atoms with van der Waals surface area (Å²) in [5.74, 6) is 2.26. The van der Waals surface area contributed by atoms with Crippen LogP contribution in [0, 0.1) is 6.92 Å². The summed E-state index contributed by atoms with van der Waals surface area (Å²) >= 11 is 0. The number of rotatable bonds is 5. The van der Waals surface area contributed by atoms with E-state index in [1.54, 1.807) is 18.5 Å². The summed E-state index contributed by atoms with van der Waals surface area (Å²) in [6, 6.07) is 5.60. The molecule has 0 saturated heterocycles. The van der Waals surface area contributed by atoms with Crippen molar-refractivity contribution in [1.82, 2.24) is 25.3 Å². The van der Waals surface area contributed by atoms with Crippen LogP contribution in [-0.2, 0) is 6.54 Å². The van der Waals surface area contributed by atoms with Gasteiger partial charge < -0.3 is 15.2 Å². The van der Waals surface area contributed by atoms with E-state index >= 15 is 0 Å². The summed E-state index contributed by atoms with van der Waals surface area (Å²) in [4.78, 5) is 8.27. The molecule has 0 fully saturated rings. The van der Waals surface area contributed by atoms with Crippen molar-refractivity contribution in [2.24, 2.45) is 0 Å². The van der Waals surface area contributed by atoms with Gasteiger partial charge in [0.15, 0.2) is 11.6 Å². The van der Waals surface area contributed by atoms with E-state index < -0.39 is 0 Å². The standard InChI is InChI=1S/C13H13N7O/c1-9-6-11(20-21-9)17-12-8-16-19-13(18-12)15-7-10-2-4-14-5-3-10/h2-6,8H,7H2,1H3,(H2,15,17,18,19,20). The number of aromatic nitrogens is 5. The van der Waals surface area contributed by atoms with Crippen LogP contribution in [0.2, 0.25) is 0 Å². The molecule has 3 aromatic rings. The van der Waals surface area contributed by atoms with Crippen LogP contribution in [0.25, 0.3) is 0 Å². The molecule has 3 heterocycles. The highest BCUT2D eigenvalue weighted by Gasteiger charge is 2.04. The molecule has 0 atom stereocenters. The van der Waals surface area contributed by atoms with Crippen LogP contribution >= 0.6 is 0 Å². The van der Waals surface area contributed by atoms with Crippen LogP contribution in [-0.4, -0.2) is 25.3 Å². The van der Waals surface area contributed by atoms with Gasteiger partial charge in [0.2, 0.25) is 5.95 Å². The molecule has 0 unspecified atom stereocenters. The summed E-state index contributed by atoms with van der Waals surface area (Å²) in [7, 11) is 0. The van der Waals surface area contributed by atoms with Gasteiger partial charge in [-0.25, -0.2) is 0 Å². The van der Waals surface area contributed by atoms with Gasteiger partial charge in [-0.1, -0.05) is 5.16 Å². The Balaban J connectivity index is 1.65. The minimum absolute atomic E-state index is 0.428. The molecule has 8 nitrogen and oxygen atoms in total. The van der Waals surface area contributed by atoms with Crippen molar-refractivity contribution in [3.8, 4) is 0 Å². The maximum Gasteiger partial charge on any atom is 0.244 e. The smallest absolute Gasteiger partial charge is 0.244 e. The molecule has 0 amide bonds. The lowest BCUT2D eigenvalue weighted by atomic mass is 10.3. The molecule has 0 aliphatic carbocycles. The summed E-state index contributed by atoms with van der Waals surface area (Å²) in [6.07, 6.45) is 4.99. The van der Waals surface area contributed by atoms with Crippen molar-refractivity contribution in [3.05, 3.63) is 48.1 Å². The second-order valence-corrected chi connectivity index (χ2v) is 4.32. The molecule has 2 N–H and O–H groups in total. The van der Waals surface area contributed by atoms with Crippen LogP contribution < -0.4 is 10.6 Å². The van der Waals surface area contributed by atoms with E-state index in [0.717, 1.165) is 11.3 Å². The Bertz CT molecular complexity index is 713. The third-order valence-electron chi connectivity index (χ3n) is 2.64. The van der Waals surface area contributed by atoms with Gasteiger partial charge in [0.25, 0.3) is 0 Å². The first kappa shape index (κ1) is 13.0. The topological polar surface area (TPSA) is 102 Å². The second kappa shape index (κ2) is 5.95. The van der Waals surface area contributed by atoms with E-state index in [1.807, 2.05) is 19.1 Å². The molecule has 0 aliphatic rings. The molecule has 0 spiro atoms.